The van der Waals surface area contributed by atoms with E-state index in [-0.39, 0.29) is 28.8 Å². The van der Waals surface area contributed by atoms with Crippen LogP contribution in [0.2, 0.25) is 0 Å². The van der Waals surface area contributed by atoms with Crippen molar-refractivity contribution < 1.29 is 15.0 Å². The lowest BCUT2D eigenvalue weighted by Crippen LogP contribution is -2.26. The Morgan fingerprint density at radius 1 is 1.16 bits per heavy atom. The highest BCUT2D eigenvalue weighted by Gasteiger charge is 2.24. The average Bonchev–Trinajstić information content (AvgIpc) is 3.02. The largest absolute Gasteiger partial charge is 0.504 e. The Labute approximate surface area is 184 Å². The van der Waals surface area contributed by atoms with E-state index in [1.54, 1.807) is 6.07 Å². The Kier molecular flexibility index (Phi) is 5.63. The number of fused-ring (bicyclic) bond motifs is 2. The number of aromatic hydroxyl groups is 2. The number of carbonyl (C=O) groups excluding carboxylic acids is 1. The van der Waals surface area contributed by atoms with Crippen LogP contribution in [0.1, 0.15) is 36.2 Å². The summed E-state index contributed by atoms with van der Waals surface area (Å²) in [7, 11) is 0. The van der Waals surface area contributed by atoms with Crippen LogP contribution in [0, 0.1) is 5.92 Å². The van der Waals surface area contributed by atoms with Crippen LogP contribution in [-0.4, -0.2) is 43.5 Å². The molecule has 4 aromatic rings. The zero-order valence-electron chi connectivity index (χ0n) is 17.8. The summed E-state index contributed by atoms with van der Waals surface area (Å²) in [5.41, 5.74) is 9.07. The second kappa shape index (κ2) is 8.54. The van der Waals surface area contributed by atoms with E-state index in [1.165, 1.54) is 23.0 Å². The van der Waals surface area contributed by atoms with Crippen molar-refractivity contribution in [1.29, 1.82) is 0 Å². The maximum absolute atomic E-state index is 13.0. The van der Waals surface area contributed by atoms with Crippen molar-refractivity contribution in [3.8, 4) is 11.5 Å². The number of nitrogens with zero attached hydrogens (tertiary/aromatic N) is 4. The van der Waals surface area contributed by atoms with E-state index in [4.69, 9.17) is 5.73 Å². The molecule has 9 nitrogen and oxygen atoms in total. The van der Waals surface area contributed by atoms with Gasteiger partial charge in [0.1, 0.15) is 16.9 Å². The minimum atomic E-state index is -0.339. The van der Waals surface area contributed by atoms with Crippen LogP contribution in [0.5, 0.6) is 11.5 Å². The fourth-order valence-corrected chi connectivity index (χ4v) is 3.30. The minimum absolute atomic E-state index is 0.108. The first-order valence-electron chi connectivity index (χ1n) is 10.3. The first-order valence-corrected chi connectivity index (χ1v) is 10.3. The topological polar surface area (TPSA) is 139 Å². The third-order valence-corrected chi connectivity index (χ3v) is 5.03. The molecule has 5 N–H and O–H groups in total. The van der Waals surface area contributed by atoms with E-state index < -0.39 is 0 Å². The number of phenols is 2. The molecule has 0 unspecified atom stereocenters. The van der Waals surface area contributed by atoms with E-state index in [0.29, 0.717) is 40.2 Å². The average molecular weight is 432 g/mol. The van der Waals surface area contributed by atoms with Gasteiger partial charge in [0.15, 0.2) is 17.1 Å². The zero-order chi connectivity index (χ0) is 22.8. The van der Waals surface area contributed by atoms with Gasteiger partial charge in [0.25, 0.3) is 5.91 Å². The number of hydrogen-bond donors (Lipinski definition) is 4. The smallest absolute Gasteiger partial charge is 0.257 e. The molecule has 0 atom stereocenters. The molecule has 9 heteroatoms. The van der Waals surface area contributed by atoms with Crippen LogP contribution in [0.3, 0.4) is 0 Å². The fourth-order valence-electron chi connectivity index (χ4n) is 3.30. The van der Waals surface area contributed by atoms with Crippen LogP contribution in [0.15, 0.2) is 47.6 Å². The summed E-state index contributed by atoms with van der Waals surface area (Å²) < 4.78 is 1.36. The number of nitrogens with two attached hydrogens (primary N) is 1. The van der Waals surface area contributed by atoms with Gasteiger partial charge in [-0.3, -0.25) is 4.79 Å². The Morgan fingerprint density at radius 3 is 2.56 bits per heavy atom. The lowest BCUT2D eigenvalue weighted by Gasteiger charge is -2.07. The van der Waals surface area contributed by atoms with Gasteiger partial charge in [-0.2, -0.15) is 9.78 Å². The summed E-state index contributed by atoms with van der Waals surface area (Å²) in [6.45, 7) is 4.68. The van der Waals surface area contributed by atoms with Gasteiger partial charge in [-0.25, -0.2) is 9.97 Å². The normalized spacial score (nSPS) is 11.7. The maximum atomic E-state index is 13.0. The molecule has 0 aliphatic heterocycles. The Hall–Kier alpha value is -4.14. The van der Waals surface area contributed by atoms with Crippen molar-refractivity contribution >= 4 is 40.1 Å². The van der Waals surface area contributed by atoms with Gasteiger partial charge in [0.2, 0.25) is 0 Å². The van der Waals surface area contributed by atoms with Crippen molar-refractivity contribution in [2.24, 2.45) is 11.0 Å². The maximum Gasteiger partial charge on any atom is 0.257 e. The van der Waals surface area contributed by atoms with Crippen LogP contribution in [0.25, 0.3) is 22.2 Å². The highest BCUT2D eigenvalue weighted by Crippen LogP contribution is 2.28. The fraction of sp³-hybridized carbons (Fsp3) is 0.217. The summed E-state index contributed by atoms with van der Waals surface area (Å²) in [5.74, 6) is -0.282. The number of nitrogen functional groups attached to an aromatic ring is 1. The predicted molar refractivity (Wildman–Crippen MR) is 124 cm³/mol. The standard InChI is InChI=1S/C23H24N6O3/c1-13(2)9-10-25-23(32)19-20-22(28-16-6-4-3-5-15(16)27-20)29(21(19)24)26-12-14-7-8-17(30)18(31)11-14/h3-8,11-13,30-31H,9-10,24H2,1-2H3,(H,25,32)/b26-12+. The van der Waals surface area contributed by atoms with Crippen LogP contribution >= 0.6 is 0 Å². The number of benzene rings is 2. The molecule has 0 spiro atoms. The summed E-state index contributed by atoms with van der Waals surface area (Å²) in [5, 5.41) is 26.5. The Bertz CT molecular complexity index is 1340. The van der Waals surface area contributed by atoms with Gasteiger partial charge in [0, 0.05) is 6.54 Å². The third-order valence-electron chi connectivity index (χ3n) is 5.03. The first kappa shape index (κ1) is 21.1. The van der Waals surface area contributed by atoms with E-state index in [1.807, 2.05) is 24.3 Å². The number of hydrogen-bond acceptors (Lipinski definition) is 7. The summed E-state index contributed by atoms with van der Waals surface area (Å²) in [6.07, 6.45) is 2.29. The molecule has 32 heavy (non-hydrogen) atoms. The molecule has 0 bridgehead atoms. The summed E-state index contributed by atoms with van der Waals surface area (Å²) in [6, 6.07) is 11.6. The monoisotopic (exact) mass is 432 g/mol. The molecule has 0 aliphatic carbocycles. The molecular formula is C23H24N6O3. The molecule has 2 aromatic carbocycles. The molecule has 2 aromatic heterocycles. The van der Waals surface area contributed by atoms with Crippen molar-refractivity contribution in [3.63, 3.8) is 0 Å². The van der Waals surface area contributed by atoms with E-state index in [0.717, 1.165) is 6.42 Å². The molecule has 0 saturated carbocycles. The quantitative estimate of drug-likeness (QED) is 0.272. The van der Waals surface area contributed by atoms with Crippen molar-refractivity contribution in [3.05, 3.63) is 53.6 Å². The Balaban J connectivity index is 1.83. The Morgan fingerprint density at radius 2 is 1.88 bits per heavy atom. The second-order valence-corrected chi connectivity index (χ2v) is 7.89. The van der Waals surface area contributed by atoms with Crippen LogP contribution in [-0.2, 0) is 0 Å². The highest BCUT2D eigenvalue weighted by molar-refractivity contribution is 6.10. The molecule has 164 valence electrons. The molecule has 2 heterocycles. The van der Waals surface area contributed by atoms with Crippen molar-refractivity contribution in [2.45, 2.75) is 20.3 Å². The van der Waals surface area contributed by atoms with Gasteiger partial charge in [-0.1, -0.05) is 26.0 Å². The minimum Gasteiger partial charge on any atom is -0.504 e. The molecule has 4 rings (SSSR count). The van der Waals surface area contributed by atoms with E-state index in [2.05, 4.69) is 34.2 Å². The molecule has 0 radical (unpaired) electrons. The van der Waals surface area contributed by atoms with Gasteiger partial charge in [-0.05, 0) is 48.2 Å². The van der Waals surface area contributed by atoms with Crippen molar-refractivity contribution in [2.75, 3.05) is 12.3 Å². The SMILES string of the molecule is CC(C)CCNC(=O)c1c(N)n(/N=C/c2ccc(O)c(O)c2)c2nc3ccccc3nc12. The number of aromatic nitrogens is 3. The zero-order valence-corrected chi connectivity index (χ0v) is 17.8. The van der Waals surface area contributed by atoms with E-state index >= 15 is 0 Å². The first-order chi connectivity index (χ1) is 15.3. The number of anilines is 1. The highest BCUT2D eigenvalue weighted by atomic mass is 16.3. The number of nitrogens with one attached hydrogen (secondary N) is 1. The third kappa shape index (κ3) is 4.04. The van der Waals surface area contributed by atoms with Gasteiger partial charge < -0.3 is 21.3 Å². The van der Waals surface area contributed by atoms with Crippen molar-refractivity contribution in [1.82, 2.24) is 20.0 Å². The van der Waals surface area contributed by atoms with Crippen LogP contribution in [0.4, 0.5) is 5.82 Å². The second-order valence-electron chi connectivity index (χ2n) is 7.89. The number of carbonyl (C=O) groups is 1. The molecule has 0 saturated heterocycles. The molecule has 1 amide bonds. The number of rotatable bonds is 6. The molecule has 0 aliphatic rings. The molecule has 0 fully saturated rings. The summed E-state index contributed by atoms with van der Waals surface area (Å²) >= 11 is 0. The van der Waals surface area contributed by atoms with Gasteiger partial charge in [-0.15, -0.1) is 0 Å². The van der Waals surface area contributed by atoms with Gasteiger partial charge in [0.05, 0.1) is 17.2 Å². The van der Waals surface area contributed by atoms with E-state index in [9.17, 15) is 15.0 Å². The lowest BCUT2D eigenvalue weighted by atomic mass is 10.1. The number of phenolic OH excluding ortho intramolecular Hbond substituents is 2. The lowest BCUT2D eigenvalue weighted by molar-refractivity contribution is 0.0954. The number of para-hydroxylation sites is 2. The summed E-state index contributed by atoms with van der Waals surface area (Å²) in [4.78, 5) is 22.2. The van der Waals surface area contributed by atoms with Gasteiger partial charge >= 0.3 is 0 Å². The number of amides is 1. The predicted octanol–water partition coefficient (Wildman–Crippen LogP) is 3.24. The van der Waals surface area contributed by atoms with Crippen LogP contribution < -0.4 is 11.1 Å². The molecular weight excluding hydrogens is 408 g/mol.